The van der Waals surface area contributed by atoms with E-state index in [4.69, 9.17) is 11.6 Å². The third-order valence-electron chi connectivity index (χ3n) is 4.95. The second kappa shape index (κ2) is 8.00. The summed E-state index contributed by atoms with van der Waals surface area (Å²) in [6, 6.07) is 12.6. The first-order valence-corrected chi connectivity index (χ1v) is 9.49. The summed E-state index contributed by atoms with van der Waals surface area (Å²) in [5, 5.41) is 13.9. The third-order valence-corrected chi connectivity index (χ3v) is 5.20. The minimum Gasteiger partial charge on any atom is -0.294 e. The molecule has 1 aliphatic carbocycles. The van der Waals surface area contributed by atoms with Crippen molar-refractivity contribution in [3.05, 3.63) is 92.2 Å². The number of carbonyl (C=O) groups excluding carboxylic acids is 2. The standard InChI is InChI=1S/C21H15ClN4O4/c22-15-5-1-12(2-6-15)14-9-18-17(19(27)10-14)11-23-21(24-18)25-20(28)13-3-7-16(8-4-13)26(29)30/h1-8,11,14H,9-10H2,(H,23,24,25,28)/t14-/m0/s1. The third kappa shape index (κ3) is 4.04. The molecule has 4 rings (SSSR count). The highest BCUT2D eigenvalue weighted by molar-refractivity contribution is 6.30. The number of nitro groups is 1. The summed E-state index contributed by atoms with van der Waals surface area (Å²) in [5.74, 6) is -0.511. The van der Waals surface area contributed by atoms with Crippen LogP contribution >= 0.6 is 11.6 Å². The number of amides is 1. The summed E-state index contributed by atoms with van der Waals surface area (Å²) >= 11 is 5.94. The molecular weight excluding hydrogens is 408 g/mol. The van der Waals surface area contributed by atoms with Gasteiger partial charge in [0.15, 0.2) is 5.78 Å². The van der Waals surface area contributed by atoms with Crippen molar-refractivity contribution in [3.63, 3.8) is 0 Å². The Morgan fingerprint density at radius 1 is 1.10 bits per heavy atom. The number of non-ortho nitro benzene ring substituents is 1. The molecule has 0 spiro atoms. The van der Waals surface area contributed by atoms with Gasteiger partial charge in [0.25, 0.3) is 11.6 Å². The molecule has 150 valence electrons. The first-order chi connectivity index (χ1) is 14.4. The van der Waals surface area contributed by atoms with Gasteiger partial charge in [-0.15, -0.1) is 0 Å². The van der Waals surface area contributed by atoms with E-state index in [0.29, 0.717) is 29.1 Å². The fourth-order valence-corrected chi connectivity index (χ4v) is 3.51. The monoisotopic (exact) mass is 422 g/mol. The van der Waals surface area contributed by atoms with Crippen molar-refractivity contribution in [2.24, 2.45) is 0 Å². The van der Waals surface area contributed by atoms with Gasteiger partial charge < -0.3 is 0 Å². The molecular formula is C21H15ClN4O4. The normalized spacial score (nSPS) is 15.4. The fourth-order valence-electron chi connectivity index (χ4n) is 3.38. The highest BCUT2D eigenvalue weighted by atomic mass is 35.5. The largest absolute Gasteiger partial charge is 0.294 e. The van der Waals surface area contributed by atoms with E-state index in [-0.39, 0.29) is 28.9 Å². The molecule has 1 aliphatic rings. The van der Waals surface area contributed by atoms with Gasteiger partial charge in [-0.2, -0.15) is 0 Å². The van der Waals surface area contributed by atoms with Gasteiger partial charge in [-0.05, 0) is 42.2 Å². The zero-order valence-electron chi connectivity index (χ0n) is 15.5. The summed E-state index contributed by atoms with van der Waals surface area (Å²) in [7, 11) is 0. The summed E-state index contributed by atoms with van der Waals surface area (Å²) in [4.78, 5) is 43.6. The number of carbonyl (C=O) groups is 2. The van der Waals surface area contributed by atoms with E-state index in [1.165, 1.54) is 30.5 Å². The van der Waals surface area contributed by atoms with Crippen LogP contribution in [0.15, 0.2) is 54.7 Å². The Bertz CT molecular complexity index is 1150. The summed E-state index contributed by atoms with van der Waals surface area (Å²) in [6.45, 7) is 0. The highest BCUT2D eigenvalue weighted by Gasteiger charge is 2.28. The topological polar surface area (TPSA) is 115 Å². The van der Waals surface area contributed by atoms with Gasteiger partial charge >= 0.3 is 0 Å². The number of halogens is 1. The Hall–Kier alpha value is -3.65. The molecule has 2 aromatic carbocycles. The summed E-state index contributed by atoms with van der Waals surface area (Å²) in [6.07, 6.45) is 2.31. The Labute approximate surface area is 176 Å². The molecule has 0 aliphatic heterocycles. The van der Waals surface area contributed by atoms with Crippen LogP contribution in [0.25, 0.3) is 0 Å². The lowest BCUT2D eigenvalue weighted by Gasteiger charge is -2.23. The molecule has 1 N–H and O–H groups in total. The van der Waals surface area contributed by atoms with Crippen LogP contribution in [0.3, 0.4) is 0 Å². The van der Waals surface area contributed by atoms with Crippen molar-refractivity contribution < 1.29 is 14.5 Å². The maximum Gasteiger partial charge on any atom is 0.269 e. The van der Waals surface area contributed by atoms with Crippen LogP contribution in [-0.4, -0.2) is 26.6 Å². The first-order valence-electron chi connectivity index (χ1n) is 9.11. The number of hydrogen-bond acceptors (Lipinski definition) is 6. The van der Waals surface area contributed by atoms with Crippen LogP contribution in [0, 0.1) is 10.1 Å². The van der Waals surface area contributed by atoms with Crippen LogP contribution < -0.4 is 5.32 Å². The van der Waals surface area contributed by atoms with E-state index in [1.54, 1.807) is 12.1 Å². The number of fused-ring (bicyclic) bond motifs is 1. The van der Waals surface area contributed by atoms with Gasteiger partial charge in [0.05, 0.1) is 16.2 Å². The molecule has 1 atom stereocenters. The minimum absolute atomic E-state index is 0.0320. The number of nitrogens with one attached hydrogen (secondary N) is 1. The van der Waals surface area contributed by atoms with Crippen molar-refractivity contribution in [2.45, 2.75) is 18.8 Å². The van der Waals surface area contributed by atoms with Crippen LogP contribution in [-0.2, 0) is 6.42 Å². The van der Waals surface area contributed by atoms with Crippen molar-refractivity contribution in [2.75, 3.05) is 5.32 Å². The molecule has 0 fully saturated rings. The quantitative estimate of drug-likeness (QED) is 0.497. The van der Waals surface area contributed by atoms with Crippen LogP contribution in [0.5, 0.6) is 0 Å². The SMILES string of the molecule is O=C(Nc1ncc2c(n1)C[C@H](c1ccc(Cl)cc1)CC2=O)c1ccc([N+](=O)[O-])cc1. The minimum atomic E-state index is -0.539. The molecule has 8 nitrogen and oxygen atoms in total. The van der Waals surface area contributed by atoms with Gasteiger partial charge in [-0.25, -0.2) is 9.97 Å². The lowest BCUT2D eigenvalue weighted by atomic mass is 9.82. The maximum absolute atomic E-state index is 12.5. The zero-order chi connectivity index (χ0) is 21.3. The lowest BCUT2D eigenvalue weighted by Crippen LogP contribution is -2.22. The average molecular weight is 423 g/mol. The van der Waals surface area contributed by atoms with E-state index in [0.717, 1.165) is 5.56 Å². The molecule has 1 aromatic heterocycles. The predicted molar refractivity (Wildman–Crippen MR) is 110 cm³/mol. The molecule has 0 saturated carbocycles. The van der Waals surface area contributed by atoms with E-state index < -0.39 is 10.8 Å². The number of nitro benzene ring substituents is 1. The number of rotatable bonds is 4. The van der Waals surface area contributed by atoms with Crippen LogP contribution in [0.4, 0.5) is 11.6 Å². The first kappa shape index (κ1) is 19.7. The number of ketones is 1. The molecule has 9 heteroatoms. The van der Waals surface area contributed by atoms with Crippen LogP contribution in [0.1, 0.15) is 44.3 Å². The zero-order valence-corrected chi connectivity index (χ0v) is 16.3. The van der Waals surface area contributed by atoms with Gasteiger partial charge in [0.1, 0.15) is 0 Å². The molecule has 0 bridgehead atoms. The maximum atomic E-state index is 12.5. The summed E-state index contributed by atoms with van der Waals surface area (Å²) < 4.78 is 0. The van der Waals surface area contributed by atoms with E-state index in [9.17, 15) is 19.7 Å². The lowest BCUT2D eigenvalue weighted by molar-refractivity contribution is -0.384. The molecule has 1 heterocycles. The Morgan fingerprint density at radius 2 is 1.80 bits per heavy atom. The number of aromatic nitrogens is 2. The van der Waals surface area contributed by atoms with Gasteiger partial charge in [-0.3, -0.25) is 25.0 Å². The van der Waals surface area contributed by atoms with Gasteiger partial charge in [0, 0.05) is 35.3 Å². The van der Waals surface area contributed by atoms with Gasteiger partial charge in [-0.1, -0.05) is 23.7 Å². The number of hydrogen-bond donors (Lipinski definition) is 1. The molecule has 0 unspecified atom stereocenters. The number of Topliss-reactive ketones (excluding diaryl/α,β-unsaturated/α-hetero) is 1. The summed E-state index contributed by atoms with van der Waals surface area (Å²) in [5.41, 5.74) is 2.14. The number of nitrogens with zero attached hydrogens (tertiary/aromatic N) is 3. The van der Waals surface area contributed by atoms with E-state index in [1.807, 2.05) is 12.1 Å². The van der Waals surface area contributed by atoms with Gasteiger partial charge in [0.2, 0.25) is 5.95 Å². The smallest absolute Gasteiger partial charge is 0.269 e. The second-order valence-electron chi connectivity index (χ2n) is 6.89. The average Bonchev–Trinajstić information content (AvgIpc) is 2.74. The van der Waals surface area contributed by atoms with Crippen LogP contribution in [0.2, 0.25) is 5.02 Å². The van der Waals surface area contributed by atoms with E-state index >= 15 is 0 Å². The molecule has 0 saturated heterocycles. The van der Waals surface area contributed by atoms with E-state index in [2.05, 4.69) is 15.3 Å². The Morgan fingerprint density at radius 3 is 2.47 bits per heavy atom. The van der Waals surface area contributed by atoms with Crippen molar-refractivity contribution in [3.8, 4) is 0 Å². The van der Waals surface area contributed by atoms with Crippen molar-refractivity contribution in [1.29, 1.82) is 0 Å². The molecule has 3 aromatic rings. The second-order valence-corrected chi connectivity index (χ2v) is 7.33. The van der Waals surface area contributed by atoms with Crippen molar-refractivity contribution in [1.82, 2.24) is 9.97 Å². The fraction of sp³-hybridized carbons (Fsp3) is 0.143. The Balaban J connectivity index is 1.54. The highest BCUT2D eigenvalue weighted by Crippen LogP contribution is 2.32. The van der Waals surface area contributed by atoms with Crippen molar-refractivity contribution >= 4 is 34.9 Å². The number of benzene rings is 2. The molecule has 1 amide bonds. The number of anilines is 1. The molecule has 0 radical (unpaired) electrons. The Kier molecular flexibility index (Phi) is 5.24. The predicted octanol–water partition coefficient (Wildman–Crippen LogP) is 4.20. The molecule has 30 heavy (non-hydrogen) atoms.